The molecule has 4 nitrogen and oxygen atoms in total. The molecule has 0 atom stereocenters. The van der Waals surface area contributed by atoms with Crippen LogP contribution in [0.15, 0.2) is 24.4 Å². The molecule has 76 valence electrons. The van der Waals surface area contributed by atoms with Crippen molar-refractivity contribution in [3.63, 3.8) is 0 Å². The van der Waals surface area contributed by atoms with E-state index >= 15 is 0 Å². The lowest BCUT2D eigenvalue weighted by Crippen LogP contribution is -2.24. The lowest BCUT2D eigenvalue weighted by molar-refractivity contribution is -0.111. The Kier molecular flexibility index (Phi) is 2.11. The summed E-state index contributed by atoms with van der Waals surface area (Å²) in [6.45, 7) is 0. The summed E-state index contributed by atoms with van der Waals surface area (Å²) in [4.78, 5) is 28.8. The Morgan fingerprint density at radius 3 is 2.67 bits per heavy atom. The van der Waals surface area contributed by atoms with E-state index in [2.05, 4.69) is 4.98 Å². The van der Waals surface area contributed by atoms with Gasteiger partial charge in [-0.05, 0) is 12.1 Å². The number of rotatable bonds is 1. The maximum atomic E-state index is 11.5. The number of Topliss-reactive ketones (excluding diaryl/α,β-unsaturated/α-hetero) is 1. The number of nitrogens with zero attached hydrogens (tertiary/aromatic N) is 2. The number of hydrogen-bond donors (Lipinski definition) is 0. The van der Waals surface area contributed by atoms with E-state index in [4.69, 9.17) is 0 Å². The molecule has 0 aliphatic heterocycles. The molecule has 0 fully saturated rings. The maximum Gasteiger partial charge on any atom is 0.235 e. The van der Waals surface area contributed by atoms with Crippen molar-refractivity contribution < 1.29 is 9.59 Å². The van der Waals surface area contributed by atoms with Gasteiger partial charge >= 0.3 is 0 Å². The summed E-state index contributed by atoms with van der Waals surface area (Å²) in [7, 11) is 3.63. The van der Waals surface area contributed by atoms with Gasteiger partial charge in [0.05, 0.1) is 17.0 Å². The Labute approximate surface area is 87.2 Å². The summed E-state index contributed by atoms with van der Waals surface area (Å²) < 4.78 is 0. The third-order valence-electron chi connectivity index (χ3n) is 2.27. The monoisotopic (exact) mass is 202 g/mol. The molecule has 0 N–H and O–H groups in total. The Hall–Kier alpha value is -1.97. The van der Waals surface area contributed by atoms with Crippen molar-refractivity contribution in [3.8, 4) is 0 Å². The Balaban J connectivity index is 2.66. The van der Waals surface area contributed by atoms with Crippen LogP contribution in [0.1, 0.15) is 16.1 Å². The van der Waals surface area contributed by atoms with Gasteiger partial charge < -0.3 is 4.90 Å². The number of fused-ring (bicyclic) bond motifs is 1. The van der Waals surface area contributed by atoms with Crippen molar-refractivity contribution in [1.82, 2.24) is 9.88 Å². The molecule has 0 amide bonds. The number of pyridine rings is 1. The molecule has 0 saturated heterocycles. The third-order valence-corrected chi connectivity index (χ3v) is 2.27. The Bertz CT molecular complexity index is 475. The maximum absolute atomic E-state index is 11.5. The van der Waals surface area contributed by atoms with E-state index in [1.807, 2.05) is 14.1 Å². The number of carbonyl (C=O) groups is 2. The summed E-state index contributed by atoms with van der Waals surface area (Å²) in [6, 6.07) is 3.28. The van der Waals surface area contributed by atoms with Crippen LogP contribution in [0.4, 0.5) is 0 Å². The molecule has 1 aliphatic carbocycles. The van der Waals surface area contributed by atoms with Gasteiger partial charge in [0.25, 0.3) is 0 Å². The standard InChI is InChI=1S/C11H10N2O2/c1-13(2)8-6-9(14)11(15)7-4-3-5-12-10(7)8/h3-6H,1-2H3. The lowest BCUT2D eigenvalue weighted by Gasteiger charge is -2.21. The molecular weight excluding hydrogens is 192 g/mol. The normalized spacial score (nSPS) is 14.7. The second kappa shape index (κ2) is 3.31. The summed E-state index contributed by atoms with van der Waals surface area (Å²) in [5.74, 6) is -0.970. The molecule has 1 aromatic rings. The molecular formula is C11H10N2O2. The van der Waals surface area contributed by atoms with E-state index in [0.717, 1.165) is 0 Å². The van der Waals surface area contributed by atoms with Crippen molar-refractivity contribution in [3.05, 3.63) is 35.7 Å². The molecule has 0 aromatic carbocycles. The van der Waals surface area contributed by atoms with E-state index in [-0.39, 0.29) is 0 Å². The summed E-state index contributed by atoms with van der Waals surface area (Å²) in [6.07, 6.45) is 2.94. The molecule has 4 heteroatoms. The molecule has 0 spiro atoms. The fourth-order valence-corrected chi connectivity index (χ4v) is 1.52. The van der Waals surface area contributed by atoms with Crippen LogP contribution in [-0.4, -0.2) is 35.5 Å². The van der Waals surface area contributed by atoms with E-state index in [1.165, 1.54) is 6.08 Å². The van der Waals surface area contributed by atoms with Crippen LogP contribution in [0.2, 0.25) is 0 Å². The minimum absolute atomic E-state index is 0.383. The third kappa shape index (κ3) is 1.44. The van der Waals surface area contributed by atoms with Crippen molar-refractivity contribution in [2.24, 2.45) is 0 Å². The van der Waals surface area contributed by atoms with Gasteiger partial charge in [-0.3, -0.25) is 14.6 Å². The largest absolute Gasteiger partial charge is 0.376 e. The Morgan fingerprint density at radius 2 is 2.00 bits per heavy atom. The minimum atomic E-state index is -0.487. The highest BCUT2D eigenvalue weighted by atomic mass is 16.2. The highest BCUT2D eigenvalue weighted by Gasteiger charge is 2.27. The van der Waals surface area contributed by atoms with E-state index in [0.29, 0.717) is 17.0 Å². The zero-order valence-corrected chi connectivity index (χ0v) is 8.52. The van der Waals surface area contributed by atoms with Crippen molar-refractivity contribution in [2.45, 2.75) is 0 Å². The first-order chi connectivity index (χ1) is 7.11. The van der Waals surface area contributed by atoms with Gasteiger partial charge in [-0.15, -0.1) is 0 Å². The SMILES string of the molecule is CN(C)C1=CC(=O)C(=O)c2cccnc21. The van der Waals surface area contributed by atoms with Crippen LogP contribution in [0.5, 0.6) is 0 Å². The number of hydrogen-bond acceptors (Lipinski definition) is 4. The van der Waals surface area contributed by atoms with Crippen LogP contribution in [0.25, 0.3) is 5.70 Å². The molecule has 1 aliphatic rings. The predicted octanol–water partition coefficient (Wildman–Crippen LogP) is 0.749. The molecule has 1 heterocycles. The molecule has 2 rings (SSSR count). The zero-order valence-electron chi connectivity index (χ0n) is 8.52. The van der Waals surface area contributed by atoms with Gasteiger partial charge in [0.2, 0.25) is 11.6 Å². The molecule has 0 bridgehead atoms. The average molecular weight is 202 g/mol. The second-order valence-electron chi connectivity index (χ2n) is 3.52. The van der Waals surface area contributed by atoms with Gasteiger partial charge in [0.15, 0.2) is 0 Å². The van der Waals surface area contributed by atoms with Gasteiger partial charge in [0, 0.05) is 26.4 Å². The van der Waals surface area contributed by atoms with Crippen molar-refractivity contribution in [1.29, 1.82) is 0 Å². The first-order valence-corrected chi connectivity index (χ1v) is 4.54. The van der Waals surface area contributed by atoms with Crippen LogP contribution in [0.3, 0.4) is 0 Å². The number of carbonyl (C=O) groups excluding carboxylic acids is 2. The number of allylic oxidation sites excluding steroid dienone is 1. The van der Waals surface area contributed by atoms with Gasteiger partial charge in [-0.2, -0.15) is 0 Å². The lowest BCUT2D eigenvalue weighted by atomic mass is 9.97. The molecule has 15 heavy (non-hydrogen) atoms. The average Bonchev–Trinajstić information content (AvgIpc) is 2.23. The van der Waals surface area contributed by atoms with Gasteiger partial charge in [0.1, 0.15) is 0 Å². The molecule has 1 aromatic heterocycles. The minimum Gasteiger partial charge on any atom is -0.376 e. The first kappa shape index (κ1) is 9.58. The van der Waals surface area contributed by atoms with Gasteiger partial charge in [-0.25, -0.2) is 0 Å². The van der Waals surface area contributed by atoms with E-state index < -0.39 is 11.6 Å². The van der Waals surface area contributed by atoms with Crippen LogP contribution < -0.4 is 0 Å². The van der Waals surface area contributed by atoms with Gasteiger partial charge in [-0.1, -0.05) is 0 Å². The van der Waals surface area contributed by atoms with Crippen molar-refractivity contribution in [2.75, 3.05) is 14.1 Å². The number of aromatic nitrogens is 1. The number of ketones is 2. The first-order valence-electron chi connectivity index (χ1n) is 4.54. The van der Waals surface area contributed by atoms with Crippen LogP contribution >= 0.6 is 0 Å². The topological polar surface area (TPSA) is 50.3 Å². The fourth-order valence-electron chi connectivity index (χ4n) is 1.52. The quantitative estimate of drug-likeness (QED) is 0.630. The second-order valence-corrected chi connectivity index (χ2v) is 3.52. The summed E-state index contributed by atoms with van der Waals surface area (Å²) in [5, 5.41) is 0. The smallest absolute Gasteiger partial charge is 0.235 e. The molecule has 0 unspecified atom stereocenters. The molecule has 0 radical (unpaired) electrons. The highest BCUT2D eigenvalue weighted by Crippen LogP contribution is 2.23. The summed E-state index contributed by atoms with van der Waals surface area (Å²) in [5.41, 5.74) is 1.64. The Morgan fingerprint density at radius 1 is 1.27 bits per heavy atom. The van der Waals surface area contributed by atoms with E-state index in [9.17, 15) is 9.59 Å². The summed E-state index contributed by atoms with van der Waals surface area (Å²) >= 11 is 0. The van der Waals surface area contributed by atoms with Crippen LogP contribution in [0, 0.1) is 0 Å². The predicted molar refractivity (Wildman–Crippen MR) is 55.2 cm³/mol. The van der Waals surface area contributed by atoms with Crippen LogP contribution in [-0.2, 0) is 4.79 Å². The van der Waals surface area contributed by atoms with E-state index in [1.54, 1.807) is 23.2 Å². The fraction of sp³-hybridized carbons (Fsp3) is 0.182. The highest BCUT2D eigenvalue weighted by molar-refractivity contribution is 6.50. The molecule has 0 saturated carbocycles. The zero-order chi connectivity index (χ0) is 11.0. The van der Waals surface area contributed by atoms with Crippen molar-refractivity contribution >= 4 is 17.3 Å².